The number of rotatable bonds is 7. The van der Waals surface area contributed by atoms with Crippen LogP contribution in [0.2, 0.25) is 0 Å². The predicted molar refractivity (Wildman–Crippen MR) is 93.2 cm³/mol. The summed E-state index contributed by atoms with van der Waals surface area (Å²) in [7, 11) is 0. The third-order valence-electron chi connectivity index (χ3n) is 3.96. The number of carbonyl (C=O) groups excluding carboxylic acids is 1. The van der Waals surface area contributed by atoms with Gasteiger partial charge in [0.15, 0.2) is 0 Å². The van der Waals surface area contributed by atoms with Crippen molar-refractivity contribution in [3.05, 3.63) is 32.3 Å². The van der Waals surface area contributed by atoms with Gasteiger partial charge in [-0.15, -0.1) is 11.3 Å². The van der Waals surface area contributed by atoms with Crippen LogP contribution in [-0.4, -0.2) is 33.0 Å². The van der Waals surface area contributed by atoms with Crippen LogP contribution >= 0.6 is 11.3 Å². The Morgan fingerprint density at radius 2 is 1.96 bits per heavy atom. The standard InChI is InChI=1S/C16H23N3O3S/c1-4-7-9-17(5-2)13(20)11-19-12-8-10-23-14(12)15(21)18(6-3)16(19)22/h8,10H,4-7,9,11H2,1-3H3. The molecule has 0 spiro atoms. The van der Waals surface area contributed by atoms with Crippen LogP contribution in [0.5, 0.6) is 0 Å². The van der Waals surface area contributed by atoms with Crippen LogP contribution in [0, 0.1) is 0 Å². The summed E-state index contributed by atoms with van der Waals surface area (Å²) in [6, 6.07) is 1.73. The van der Waals surface area contributed by atoms with Gasteiger partial charge < -0.3 is 4.90 Å². The van der Waals surface area contributed by atoms with Crippen molar-refractivity contribution in [2.24, 2.45) is 0 Å². The lowest BCUT2D eigenvalue weighted by atomic mass is 10.3. The Bertz CT molecular complexity index is 803. The van der Waals surface area contributed by atoms with Crippen LogP contribution in [0.4, 0.5) is 0 Å². The van der Waals surface area contributed by atoms with Crippen LogP contribution in [0.15, 0.2) is 21.0 Å². The molecule has 0 N–H and O–H groups in total. The SMILES string of the molecule is CCCCN(CC)C(=O)Cn1c(=O)n(CC)c(=O)c2sccc21. The van der Waals surface area contributed by atoms with Crippen LogP contribution in [0.3, 0.4) is 0 Å². The number of aromatic nitrogens is 2. The summed E-state index contributed by atoms with van der Waals surface area (Å²) in [6.07, 6.45) is 1.95. The van der Waals surface area contributed by atoms with E-state index in [9.17, 15) is 14.4 Å². The molecule has 0 radical (unpaired) electrons. The number of thiophene rings is 1. The Labute approximate surface area is 139 Å². The summed E-state index contributed by atoms with van der Waals surface area (Å²) >= 11 is 1.30. The molecule has 2 rings (SSSR count). The average molecular weight is 337 g/mol. The molecule has 0 atom stereocenters. The van der Waals surface area contributed by atoms with E-state index in [4.69, 9.17) is 0 Å². The molecule has 0 aromatic carbocycles. The molecule has 2 heterocycles. The van der Waals surface area contributed by atoms with Crippen molar-refractivity contribution in [3.63, 3.8) is 0 Å². The molecule has 1 amide bonds. The van der Waals surface area contributed by atoms with Crippen LogP contribution in [0.25, 0.3) is 10.2 Å². The van der Waals surface area contributed by atoms with Crippen molar-refractivity contribution in [3.8, 4) is 0 Å². The van der Waals surface area contributed by atoms with E-state index in [-0.39, 0.29) is 18.0 Å². The lowest BCUT2D eigenvalue weighted by Gasteiger charge is -2.21. The minimum atomic E-state index is -0.414. The van der Waals surface area contributed by atoms with Crippen molar-refractivity contribution < 1.29 is 4.79 Å². The van der Waals surface area contributed by atoms with Crippen LogP contribution in [0.1, 0.15) is 33.6 Å². The van der Waals surface area contributed by atoms with E-state index in [1.54, 1.807) is 23.3 Å². The average Bonchev–Trinajstić information content (AvgIpc) is 3.02. The number of unbranched alkanes of at least 4 members (excludes halogenated alkanes) is 1. The third kappa shape index (κ3) is 3.39. The fourth-order valence-electron chi connectivity index (χ4n) is 2.61. The zero-order valence-electron chi connectivity index (χ0n) is 13.9. The molecule has 0 saturated heterocycles. The summed E-state index contributed by atoms with van der Waals surface area (Å²) in [5.74, 6) is -0.0862. The van der Waals surface area contributed by atoms with Crippen LogP contribution < -0.4 is 11.2 Å². The second-order valence-corrected chi connectivity index (χ2v) is 6.30. The molecular formula is C16H23N3O3S. The first-order chi connectivity index (χ1) is 11.0. The van der Waals surface area contributed by atoms with Gasteiger partial charge in [-0.05, 0) is 31.7 Å². The Balaban J connectivity index is 2.43. The molecule has 0 unspecified atom stereocenters. The lowest BCUT2D eigenvalue weighted by molar-refractivity contribution is -0.131. The first-order valence-corrected chi connectivity index (χ1v) is 8.91. The van der Waals surface area contributed by atoms with E-state index in [1.807, 2.05) is 6.92 Å². The molecule has 2 aromatic rings. The van der Waals surface area contributed by atoms with Crippen molar-refractivity contribution in [2.45, 2.75) is 46.7 Å². The lowest BCUT2D eigenvalue weighted by Crippen LogP contribution is -2.43. The van der Waals surface area contributed by atoms with E-state index in [0.29, 0.717) is 29.9 Å². The first-order valence-electron chi connectivity index (χ1n) is 8.03. The van der Waals surface area contributed by atoms with Gasteiger partial charge in [-0.25, -0.2) is 4.79 Å². The van der Waals surface area contributed by atoms with Gasteiger partial charge in [0.2, 0.25) is 5.91 Å². The molecule has 0 aliphatic rings. The molecule has 7 heteroatoms. The number of likely N-dealkylation sites (N-methyl/N-ethyl adjacent to an activating group) is 1. The Morgan fingerprint density at radius 3 is 2.57 bits per heavy atom. The maximum atomic E-state index is 12.6. The summed E-state index contributed by atoms with van der Waals surface area (Å²) in [5, 5.41) is 1.78. The van der Waals surface area contributed by atoms with Gasteiger partial charge in [0.05, 0.1) is 5.52 Å². The van der Waals surface area contributed by atoms with Gasteiger partial charge in [0.1, 0.15) is 11.2 Å². The highest BCUT2D eigenvalue weighted by Gasteiger charge is 2.18. The van der Waals surface area contributed by atoms with E-state index < -0.39 is 5.69 Å². The molecule has 0 aliphatic carbocycles. The number of hydrogen-bond acceptors (Lipinski definition) is 4. The van der Waals surface area contributed by atoms with Gasteiger partial charge in [-0.3, -0.25) is 18.7 Å². The van der Waals surface area contributed by atoms with Crippen molar-refractivity contribution in [2.75, 3.05) is 13.1 Å². The molecule has 23 heavy (non-hydrogen) atoms. The molecular weight excluding hydrogens is 314 g/mol. The highest BCUT2D eigenvalue weighted by molar-refractivity contribution is 7.17. The van der Waals surface area contributed by atoms with Crippen molar-refractivity contribution in [1.82, 2.24) is 14.0 Å². The van der Waals surface area contributed by atoms with E-state index in [0.717, 1.165) is 12.8 Å². The summed E-state index contributed by atoms with van der Waals surface area (Å²) in [5.41, 5.74) is -0.137. The molecule has 0 aliphatic heterocycles. The summed E-state index contributed by atoms with van der Waals surface area (Å²) < 4.78 is 3.14. The minimum Gasteiger partial charge on any atom is -0.341 e. The maximum Gasteiger partial charge on any atom is 0.331 e. The zero-order chi connectivity index (χ0) is 17.0. The molecule has 126 valence electrons. The highest BCUT2D eigenvalue weighted by atomic mass is 32.1. The number of carbonyl (C=O) groups is 1. The first kappa shape index (κ1) is 17.5. The smallest absolute Gasteiger partial charge is 0.331 e. The normalized spacial score (nSPS) is 11.1. The van der Waals surface area contributed by atoms with Gasteiger partial charge >= 0.3 is 5.69 Å². The fourth-order valence-corrected chi connectivity index (χ4v) is 3.45. The highest BCUT2D eigenvalue weighted by Crippen LogP contribution is 2.15. The fraction of sp³-hybridized carbons (Fsp3) is 0.562. The van der Waals surface area contributed by atoms with E-state index in [2.05, 4.69) is 6.92 Å². The van der Waals surface area contributed by atoms with Crippen LogP contribution in [-0.2, 0) is 17.9 Å². The minimum absolute atomic E-state index is 0.0239. The molecule has 0 saturated carbocycles. The summed E-state index contributed by atoms with van der Waals surface area (Å²) in [6.45, 7) is 7.36. The maximum absolute atomic E-state index is 12.6. The van der Waals surface area contributed by atoms with Gasteiger partial charge in [-0.2, -0.15) is 0 Å². The quantitative estimate of drug-likeness (QED) is 0.775. The summed E-state index contributed by atoms with van der Waals surface area (Å²) in [4.78, 5) is 39.1. The molecule has 0 bridgehead atoms. The number of nitrogens with zero attached hydrogens (tertiary/aromatic N) is 3. The monoisotopic (exact) mass is 337 g/mol. The molecule has 0 fully saturated rings. The number of amides is 1. The zero-order valence-corrected chi connectivity index (χ0v) is 14.7. The third-order valence-corrected chi connectivity index (χ3v) is 4.85. The molecule has 6 nitrogen and oxygen atoms in total. The Kier molecular flexibility index (Phi) is 5.76. The molecule has 2 aromatic heterocycles. The largest absolute Gasteiger partial charge is 0.341 e. The second-order valence-electron chi connectivity index (χ2n) is 5.38. The number of hydrogen-bond donors (Lipinski definition) is 0. The van der Waals surface area contributed by atoms with Crippen molar-refractivity contribution in [1.29, 1.82) is 0 Å². The Morgan fingerprint density at radius 1 is 1.22 bits per heavy atom. The Hall–Kier alpha value is -1.89. The van der Waals surface area contributed by atoms with E-state index >= 15 is 0 Å². The van der Waals surface area contributed by atoms with E-state index in [1.165, 1.54) is 20.5 Å². The van der Waals surface area contributed by atoms with Crippen molar-refractivity contribution >= 4 is 27.5 Å². The van der Waals surface area contributed by atoms with Gasteiger partial charge in [-0.1, -0.05) is 13.3 Å². The predicted octanol–water partition coefficient (Wildman–Crippen LogP) is 1.89. The topological polar surface area (TPSA) is 64.3 Å². The number of fused-ring (bicyclic) bond motifs is 1. The van der Waals surface area contributed by atoms with Gasteiger partial charge in [0, 0.05) is 19.6 Å². The second kappa shape index (κ2) is 7.59. The van der Waals surface area contributed by atoms with Gasteiger partial charge in [0.25, 0.3) is 5.56 Å².